The van der Waals surface area contributed by atoms with E-state index in [-0.39, 0.29) is 0 Å². The number of benzene rings is 1. The summed E-state index contributed by atoms with van der Waals surface area (Å²) < 4.78 is 2.79. The van der Waals surface area contributed by atoms with E-state index in [4.69, 9.17) is 11.6 Å². The standard InChI is InChI=1S/C12H7BrClN3/c13-9-5-2-1-4-8(9)12-16-15-11-7-3-6-10(14)17(11)12/h1-7H. The Balaban J connectivity index is 2.36. The van der Waals surface area contributed by atoms with Crippen LogP contribution in [0.1, 0.15) is 0 Å². The first-order chi connectivity index (χ1) is 8.27. The van der Waals surface area contributed by atoms with E-state index < -0.39 is 0 Å². The number of nitrogens with zero attached hydrogens (tertiary/aromatic N) is 3. The number of pyridine rings is 1. The van der Waals surface area contributed by atoms with E-state index in [0.717, 1.165) is 21.5 Å². The van der Waals surface area contributed by atoms with Gasteiger partial charge in [-0.1, -0.05) is 51.8 Å². The molecular formula is C12H7BrClN3. The van der Waals surface area contributed by atoms with Crippen LogP contribution in [0.25, 0.3) is 17.0 Å². The lowest BCUT2D eigenvalue weighted by atomic mass is 10.2. The molecule has 84 valence electrons. The molecule has 0 bridgehead atoms. The summed E-state index contributed by atoms with van der Waals surface area (Å²) in [7, 11) is 0. The van der Waals surface area contributed by atoms with Crippen LogP contribution in [-0.4, -0.2) is 14.6 Å². The Kier molecular flexibility index (Phi) is 2.61. The minimum absolute atomic E-state index is 0.596. The van der Waals surface area contributed by atoms with Crippen LogP contribution in [0.15, 0.2) is 46.9 Å². The molecule has 0 N–H and O–H groups in total. The summed E-state index contributed by atoms with van der Waals surface area (Å²) in [4.78, 5) is 0. The molecule has 2 aromatic heterocycles. The van der Waals surface area contributed by atoms with Gasteiger partial charge in [0.1, 0.15) is 5.15 Å². The van der Waals surface area contributed by atoms with Gasteiger partial charge in [-0.15, -0.1) is 10.2 Å². The minimum atomic E-state index is 0.596. The molecule has 0 aliphatic carbocycles. The average Bonchev–Trinajstić information content (AvgIpc) is 2.75. The van der Waals surface area contributed by atoms with Crippen molar-refractivity contribution >= 4 is 33.2 Å². The van der Waals surface area contributed by atoms with Gasteiger partial charge in [-0.3, -0.25) is 4.40 Å². The van der Waals surface area contributed by atoms with Crippen LogP contribution in [0.2, 0.25) is 5.15 Å². The summed E-state index contributed by atoms with van der Waals surface area (Å²) in [6.07, 6.45) is 0. The van der Waals surface area contributed by atoms with Crippen molar-refractivity contribution in [2.45, 2.75) is 0 Å². The molecule has 0 saturated heterocycles. The molecule has 5 heteroatoms. The molecule has 0 radical (unpaired) electrons. The van der Waals surface area contributed by atoms with Gasteiger partial charge < -0.3 is 0 Å². The van der Waals surface area contributed by atoms with Crippen molar-refractivity contribution < 1.29 is 0 Å². The molecule has 0 amide bonds. The summed E-state index contributed by atoms with van der Waals surface area (Å²) in [5.41, 5.74) is 1.70. The molecule has 3 aromatic rings. The lowest BCUT2D eigenvalue weighted by Gasteiger charge is -2.03. The van der Waals surface area contributed by atoms with E-state index in [9.17, 15) is 0 Å². The predicted molar refractivity (Wildman–Crippen MR) is 71.1 cm³/mol. The lowest BCUT2D eigenvalue weighted by molar-refractivity contribution is 1.11. The van der Waals surface area contributed by atoms with Gasteiger partial charge in [-0.2, -0.15) is 0 Å². The van der Waals surface area contributed by atoms with Crippen LogP contribution in [0.4, 0.5) is 0 Å². The molecule has 0 fully saturated rings. The number of halogens is 2. The summed E-state index contributed by atoms with van der Waals surface area (Å²) >= 11 is 9.68. The fourth-order valence-electron chi connectivity index (χ4n) is 1.72. The van der Waals surface area contributed by atoms with Gasteiger partial charge in [-0.05, 0) is 18.2 Å². The molecular weight excluding hydrogens is 302 g/mol. The van der Waals surface area contributed by atoms with Crippen molar-refractivity contribution in [3.63, 3.8) is 0 Å². The summed E-state index contributed by atoms with van der Waals surface area (Å²) in [6.45, 7) is 0. The van der Waals surface area contributed by atoms with Crippen LogP contribution < -0.4 is 0 Å². The second kappa shape index (κ2) is 4.13. The van der Waals surface area contributed by atoms with E-state index in [1.165, 1.54) is 0 Å². The summed E-state index contributed by atoms with van der Waals surface area (Å²) in [5.74, 6) is 0.734. The van der Waals surface area contributed by atoms with E-state index in [0.29, 0.717) is 5.15 Å². The fraction of sp³-hybridized carbons (Fsp3) is 0. The van der Waals surface area contributed by atoms with Gasteiger partial charge in [-0.25, -0.2) is 0 Å². The zero-order valence-corrected chi connectivity index (χ0v) is 11.0. The van der Waals surface area contributed by atoms with Crippen LogP contribution in [0.3, 0.4) is 0 Å². The Morgan fingerprint density at radius 3 is 2.65 bits per heavy atom. The second-order valence-corrected chi connectivity index (χ2v) is 4.79. The van der Waals surface area contributed by atoms with Gasteiger partial charge in [0.2, 0.25) is 0 Å². The van der Waals surface area contributed by atoms with Gasteiger partial charge in [0.25, 0.3) is 0 Å². The fourth-order valence-corrected chi connectivity index (χ4v) is 2.42. The van der Waals surface area contributed by atoms with Crippen LogP contribution >= 0.6 is 27.5 Å². The quantitative estimate of drug-likeness (QED) is 0.640. The molecule has 0 saturated carbocycles. The largest absolute Gasteiger partial charge is 0.265 e. The number of aromatic nitrogens is 3. The van der Waals surface area contributed by atoms with E-state index >= 15 is 0 Å². The zero-order chi connectivity index (χ0) is 11.8. The topological polar surface area (TPSA) is 30.2 Å². The molecule has 0 aliphatic heterocycles. The molecule has 3 nitrogen and oxygen atoms in total. The second-order valence-electron chi connectivity index (χ2n) is 3.55. The Hall–Kier alpha value is -1.39. The smallest absolute Gasteiger partial charge is 0.170 e. The SMILES string of the molecule is Clc1cccc2nnc(-c3ccccc3Br)n12. The van der Waals surface area contributed by atoms with Crippen molar-refractivity contribution in [3.8, 4) is 11.4 Å². The Morgan fingerprint density at radius 1 is 1.00 bits per heavy atom. The first kappa shape index (κ1) is 10.7. The average molecular weight is 309 g/mol. The summed E-state index contributed by atoms with van der Waals surface area (Å²) in [6, 6.07) is 13.4. The molecule has 3 rings (SSSR count). The van der Waals surface area contributed by atoms with Gasteiger partial charge in [0.05, 0.1) is 0 Å². The molecule has 1 aromatic carbocycles. The molecule has 0 unspecified atom stereocenters. The van der Waals surface area contributed by atoms with E-state index in [1.807, 2.05) is 46.9 Å². The highest BCUT2D eigenvalue weighted by atomic mass is 79.9. The van der Waals surface area contributed by atoms with Crippen molar-refractivity contribution in [1.29, 1.82) is 0 Å². The Labute approximate surface area is 111 Å². The molecule has 17 heavy (non-hydrogen) atoms. The third kappa shape index (κ3) is 1.73. The molecule has 0 aliphatic rings. The molecule has 0 atom stereocenters. The van der Waals surface area contributed by atoms with Crippen molar-refractivity contribution in [2.24, 2.45) is 0 Å². The third-order valence-corrected chi connectivity index (χ3v) is 3.48. The molecule has 2 heterocycles. The van der Waals surface area contributed by atoms with Crippen LogP contribution in [-0.2, 0) is 0 Å². The summed E-state index contributed by atoms with van der Waals surface area (Å²) in [5, 5.41) is 8.89. The maximum Gasteiger partial charge on any atom is 0.170 e. The minimum Gasteiger partial charge on any atom is -0.265 e. The number of hydrogen-bond donors (Lipinski definition) is 0. The van der Waals surface area contributed by atoms with Crippen LogP contribution in [0, 0.1) is 0 Å². The highest BCUT2D eigenvalue weighted by Gasteiger charge is 2.12. The van der Waals surface area contributed by atoms with Crippen LogP contribution in [0.5, 0.6) is 0 Å². The maximum atomic E-state index is 6.17. The lowest BCUT2D eigenvalue weighted by Crippen LogP contribution is -1.91. The highest BCUT2D eigenvalue weighted by molar-refractivity contribution is 9.10. The first-order valence-corrected chi connectivity index (χ1v) is 6.19. The predicted octanol–water partition coefficient (Wildman–Crippen LogP) is 3.81. The van der Waals surface area contributed by atoms with Gasteiger partial charge in [0.15, 0.2) is 11.5 Å². The number of rotatable bonds is 1. The number of hydrogen-bond acceptors (Lipinski definition) is 2. The Morgan fingerprint density at radius 2 is 1.82 bits per heavy atom. The Bertz CT molecular complexity index is 693. The van der Waals surface area contributed by atoms with E-state index in [2.05, 4.69) is 26.1 Å². The number of fused-ring (bicyclic) bond motifs is 1. The van der Waals surface area contributed by atoms with Gasteiger partial charge >= 0.3 is 0 Å². The first-order valence-electron chi connectivity index (χ1n) is 5.02. The van der Waals surface area contributed by atoms with E-state index in [1.54, 1.807) is 0 Å². The van der Waals surface area contributed by atoms with Crippen molar-refractivity contribution in [2.75, 3.05) is 0 Å². The monoisotopic (exact) mass is 307 g/mol. The van der Waals surface area contributed by atoms with Crippen molar-refractivity contribution in [1.82, 2.24) is 14.6 Å². The normalized spacial score (nSPS) is 10.9. The van der Waals surface area contributed by atoms with Gasteiger partial charge in [0, 0.05) is 10.0 Å². The third-order valence-electron chi connectivity index (χ3n) is 2.50. The maximum absolute atomic E-state index is 6.17. The highest BCUT2D eigenvalue weighted by Crippen LogP contribution is 2.28. The molecule has 0 spiro atoms. The zero-order valence-electron chi connectivity index (χ0n) is 8.64. The van der Waals surface area contributed by atoms with Crippen molar-refractivity contribution in [3.05, 3.63) is 52.1 Å².